The highest BCUT2D eigenvalue weighted by Gasteiger charge is 2.08. The molecule has 0 unspecified atom stereocenters. The fraction of sp³-hybridized carbons (Fsp3) is 0.333. The molecule has 29 heavy (non-hydrogen) atoms. The third-order valence-electron chi connectivity index (χ3n) is 3.84. The van der Waals surface area contributed by atoms with Crippen LogP contribution in [0, 0.1) is 0 Å². The molecule has 2 aromatic carbocycles. The van der Waals surface area contributed by atoms with Gasteiger partial charge in [-0.2, -0.15) is 0 Å². The van der Waals surface area contributed by atoms with Gasteiger partial charge in [-0.3, -0.25) is 9.59 Å². The Kier molecular flexibility index (Phi) is 9.27. The third kappa shape index (κ3) is 8.01. The van der Waals surface area contributed by atoms with Crippen LogP contribution in [-0.2, 0) is 14.3 Å². The summed E-state index contributed by atoms with van der Waals surface area (Å²) in [6.07, 6.45) is 1.21. The summed E-state index contributed by atoms with van der Waals surface area (Å²) in [5.74, 6) is 0.341. The second-order valence-electron chi connectivity index (χ2n) is 6.26. The van der Waals surface area contributed by atoms with Gasteiger partial charge in [-0.15, -0.1) is 0 Å². The van der Waals surface area contributed by atoms with Gasteiger partial charge in [-0.1, -0.05) is 24.6 Å². The number of hydrogen-bond acceptors (Lipinski definition) is 5. The molecule has 7 nitrogen and oxygen atoms in total. The van der Waals surface area contributed by atoms with E-state index >= 15 is 0 Å². The van der Waals surface area contributed by atoms with Crippen molar-refractivity contribution in [2.75, 3.05) is 42.8 Å². The second-order valence-corrected chi connectivity index (χ2v) is 6.67. The Balaban J connectivity index is 1.90. The summed E-state index contributed by atoms with van der Waals surface area (Å²) < 4.78 is 10.5. The van der Waals surface area contributed by atoms with E-state index in [1.807, 2.05) is 13.0 Å². The van der Waals surface area contributed by atoms with E-state index in [0.717, 1.165) is 6.42 Å². The molecular weight excluding hydrogens is 394 g/mol. The number of methoxy groups -OCH3 is 1. The van der Waals surface area contributed by atoms with Crippen molar-refractivity contribution in [1.82, 2.24) is 0 Å². The maximum Gasteiger partial charge on any atom is 0.243 e. The van der Waals surface area contributed by atoms with Gasteiger partial charge in [0.05, 0.1) is 23.9 Å². The molecule has 2 amide bonds. The summed E-state index contributed by atoms with van der Waals surface area (Å²) in [7, 11) is 1.61. The molecule has 0 aromatic heterocycles. The average molecular weight is 420 g/mol. The predicted octanol–water partition coefficient (Wildman–Crippen LogP) is 4.15. The van der Waals surface area contributed by atoms with Crippen LogP contribution in [0.4, 0.5) is 17.1 Å². The zero-order chi connectivity index (χ0) is 21.1. The normalized spacial score (nSPS) is 10.3. The van der Waals surface area contributed by atoms with Crippen LogP contribution in [-0.4, -0.2) is 38.7 Å². The molecule has 8 heteroatoms. The van der Waals surface area contributed by atoms with Crippen LogP contribution < -0.4 is 20.7 Å². The Morgan fingerprint density at radius 3 is 2.52 bits per heavy atom. The molecule has 0 aliphatic carbocycles. The van der Waals surface area contributed by atoms with Crippen molar-refractivity contribution in [3.05, 3.63) is 47.5 Å². The number of nitrogens with one attached hydrogen (secondary N) is 3. The molecule has 0 saturated heterocycles. The van der Waals surface area contributed by atoms with Crippen molar-refractivity contribution in [2.45, 2.75) is 19.8 Å². The van der Waals surface area contributed by atoms with Gasteiger partial charge in [0.25, 0.3) is 0 Å². The first-order valence-electron chi connectivity index (χ1n) is 9.36. The van der Waals surface area contributed by atoms with Crippen LogP contribution in [0.25, 0.3) is 0 Å². The molecule has 0 aliphatic rings. The molecule has 0 heterocycles. The van der Waals surface area contributed by atoms with Crippen molar-refractivity contribution in [2.24, 2.45) is 0 Å². The first-order chi connectivity index (χ1) is 14.0. The number of anilines is 3. The molecule has 0 atom stereocenters. The predicted molar refractivity (Wildman–Crippen MR) is 116 cm³/mol. The highest BCUT2D eigenvalue weighted by molar-refractivity contribution is 6.33. The van der Waals surface area contributed by atoms with E-state index in [2.05, 4.69) is 16.0 Å². The van der Waals surface area contributed by atoms with E-state index in [-0.39, 0.29) is 18.4 Å². The Morgan fingerprint density at radius 1 is 1.00 bits per heavy atom. The number of hydrogen-bond donors (Lipinski definition) is 3. The number of halogens is 1. The Hall–Kier alpha value is -2.77. The van der Waals surface area contributed by atoms with Crippen LogP contribution in [0.3, 0.4) is 0 Å². The fourth-order valence-corrected chi connectivity index (χ4v) is 2.66. The van der Waals surface area contributed by atoms with Gasteiger partial charge >= 0.3 is 0 Å². The molecule has 2 aromatic rings. The van der Waals surface area contributed by atoms with Crippen molar-refractivity contribution >= 4 is 40.5 Å². The maximum absolute atomic E-state index is 12.3. The van der Waals surface area contributed by atoms with E-state index in [1.54, 1.807) is 43.5 Å². The number of rotatable bonds is 11. The molecule has 3 N–H and O–H groups in total. The zero-order valence-electron chi connectivity index (χ0n) is 16.6. The van der Waals surface area contributed by atoms with E-state index in [4.69, 9.17) is 21.1 Å². The van der Waals surface area contributed by atoms with E-state index < -0.39 is 0 Å². The molecule has 0 bridgehead atoms. The second kappa shape index (κ2) is 11.9. The number of benzene rings is 2. The van der Waals surface area contributed by atoms with Crippen LogP contribution in [0.5, 0.6) is 5.75 Å². The summed E-state index contributed by atoms with van der Waals surface area (Å²) >= 11 is 6.19. The highest BCUT2D eigenvalue weighted by Crippen LogP contribution is 2.25. The minimum absolute atomic E-state index is 0.0147. The van der Waals surface area contributed by atoms with Crippen LogP contribution in [0.1, 0.15) is 19.8 Å². The number of ether oxygens (including phenoxy) is 2. The minimum Gasteiger partial charge on any atom is -0.491 e. The van der Waals surface area contributed by atoms with Gasteiger partial charge in [0.1, 0.15) is 12.4 Å². The van der Waals surface area contributed by atoms with Crippen molar-refractivity contribution in [3.8, 4) is 5.75 Å². The van der Waals surface area contributed by atoms with Crippen molar-refractivity contribution < 1.29 is 19.1 Å². The number of carbonyl (C=O) groups is 2. The van der Waals surface area contributed by atoms with Gasteiger partial charge in [0.15, 0.2) is 0 Å². The maximum atomic E-state index is 12.3. The molecule has 0 aliphatic heterocycles. The van der Waals surface area contributed by atoms with Gasteiger partial charge in [-0.25, -0.2) is 0 Å². The summed E-state index contributed by atoms with van der Waals surface area (Å²) in [6, 6.07) is 12.2. The van der Waals surface area contributed by atoms with Crippen LogP contribution in [0.15, 0.2) is 42.5 Å². The third-order valence-corrected chi connectivity index (χ3v) is 4.17. The average Bonchev–Trinajstić information content (AvgIpc) is 2.69. The van der Waals surface area contributed by atoms with Gasteiger partial charge < -0.3 is 25.4 Å². The monoisotopic (exact) mass is 419 g/mol. The van der Waals surface area contributed by atoms with Crippen molar-refractivity contribution in [1.29, 1.82) is 0 Å². The highest BCUT2D eigenvalue weighted by atomic mass is 35.5. The van der Waals surface area contributed by atoms with E-state index in [0.29, 0.717) is 47.5 Å². The lowest BCUT2D eigenvalue weighted by molar-refractivity contribution is -0.116. The summed E-state index contributed by atoms with van der Waals surface area (Å²) in [4.78, 5) is 24.0. The molecule has 0 fully saturated rings. The van der Waals surface area contributed by atoms with E-state index in [1.165, 1.54) is 0 Å². The molecular formula is C21H26ClN3O4. The number of amides is 2. The fourth-order valence-electron chi connectivity index (χ4n) is 2.48. The SMILES string of the molecule is CCCC(=O)Nc1ccc(Cl)c(NCC(=O)Nc2cccc(OCCOC)c2)c1. The quantitative estimate of drug-likeness (QED) is 0.476. The summed E-state index contributed by atoms with van der Waals surface area (Å²) in [5.41, 5.74) is 1.81. The van der Waals surface area contributed by atoms with Gasteiger partial charge in [0, 0.05) is 31.0 Å². The van der Waals surface area contributed by atoms with Gasteiger partial charge in [-0.05, 0) is 36.8 Å². The smallest absolute Gasteiger partial charge is 0.243 e. The first-order valence-corrected chi connectivity index (χ1v) is 9.74. The lowest BCUT2D eigenvalue weighted by Crippen LogP contribution is -2.22. The van der Waals surface area contributed by atoms with Crippen LogP contribution in [0.2, 0.25) is 5.02 Å². The molecule has 2 rings (SSSR count). The lowest BCUT2D eigenvalue weighted by Gasteiger charge is -2.12. The van der Waals surface area contributed by atoms with Crippen LogP contribution >= 0.6 is 11.6 Å². The Bertz CT molecular complexity index is 829. The summed E-state index contributed by atoms with van der Waals surface area (Å²) in [6.45, 7) is 2.87. The summed E-state index contributed by atoms with van der Waals surface area (Å²) in [5, 5.41) is 9.05. The number of carbonyl (C=O) groups excluding carboxylic acids is 2. The first kappa shape index (κ1) is 22.5. The molecule has 0 spiro atoms. The molecule has 156 valence electrons. The lowest BCUT2D eigenvalue weighted by atomic mass is 10.2. The molecule has 0 radical (unpaired) electrons. The topological polar surface area (TPSA) is 88.7 Å². The largest absolute Gasteiger partial charge is 0.491 e. The zero-order valence-corrected chi connectivity index (χ0v) is 17.3. The van der Waals surface area contributed by atoms with Gasteiger partial charge in [0.2, 0.25) is 11.8 Å². The van der Waals surface area contributed by atoms with Crippen molar-refractivity contribution in [3.63, 3.8) is 0 Å². The Labute approximate surface area is 175 Å². The molecule has 0 saturated carbocycles. The standard InChI is InChI=1S/C21H26ClN3O4/c1-3-5-20(26)24-16-8-9-18(22)19(13-16)23-14-21(27)25-15-6-4-7-17(12-15)29-11-10-28-2/h4,6-9,12-13,23H,3,5,10-11,14H2,1-2H3,(H,24,26)(H,25,27). The Morgan fingerprint density at radius 2 is 1.76 bits per heavy atom. The minimum atomic E-state index is -0.240. The van der Waals surface area contributed by atoms with E-state index in [9.17, 15) is 9.59 Å².